The van der Waals surface area contributed by atoms with Gasteiger partial charge in [0.2, 0.25) is 5.91 Å². The molecule has 0 heterocycles. The summed E-state index contributed by atoms with van der Waals surface area (Å²) in [6.07, 6.45) is 0.0196. The zero-order valence-corrected chi connectivity index (χ0v) is 21.3. The third kappa shape index (κ3) is 6.48. The Kier molecular flexibility index (Phi) is 8.30. The highest BCUT2D eigenvalue weighted by Crippen LogP contribution is 2.25. The van der Waals surface area contributed by atoms with Crippen LogP contribution in [0.15, 0.2) is 77.7 Å². The standard InChI is InChI=1S/C27H31N3O4S/c1-20-5-13-24(14-6-20)30(35(33,34)25-15-7-21(2)8-16-25)18-17-26(31)29(4)19-22-9-11-23(12-10-22)27(32)28-3/h5-16H,17-19H2,1-4H3,(H,28,32). The van der Waals surface area contributed by atoms with E-state index in [0.717, 1.165) is 16.7 Å². The van der Waals surface area contributed by atoms with Crippen LogP contribution < -0.4 is 9.62 Å². The summed E-state index contributed by atoms with van der Waals surface area (Å²) in [6.45, 7) is 4.19. The number of hydrogen-bond donors (Lipinski definition) is 1. The molecule has 0 unspecified atom stereocenters. The summed E-state index contributed by atoms with van der Waals surface area (Å²) >= 11 is 0. The molecule has 3 rings (SSSR count). The molecule has 0 saturated heterocycles. The molecule has 0 saturated carbocycles. The van der Waals surface area contributed by atoms with Gasteiger partial charge in [0.1, 0.15) is 0 Å². The average Bonchev–Trinajstić information content (AvgIpc) is 2.85. The van der Waals surface area contributed by atoms with Crippen LogP contribution in [-0.4, -0.2) is 45.8 Å². The Morgan fingerprint density at radius 2 is 1.37 bits per heavy atom. The Bertz CT molecular complexity index is 1270. The SMILES string of the molecule is CNC(=O)c1ccc(CN(C)C(=O)CCN(c2ccc(C)cc2)S(=O)(=O)c2ccc(C)cc2)cc1. The van der Waals surface area contributed by atoms with E-state index in [-0.39, 0.29) is 29.7 Å². The second-order valence-electron chi connectivity index (χ2n) is 8.50. The van der Waals surface area contributed by atoms with Crippen LogP contribution in [0.3, 0.4) is 0 Å². The largest absolute Gasteiger partial charge is 0.355 e. The van der Waals surface area contributed by atoms with Crippen LogP contribution >= 0.6 is 0 Å². The first kappa shape index (κ1) is 26.0. The Hall–Kier alpha value is -3.65. The number of hydrogen-bond acceptors (Lipinski definition) is 4. The fraction of sp³-hybridized carbons (Fsp3) is 0.259. The average molecular weight is 494 g/mol. The van der Waals surface area contributed by atoms with Crippen LogP contribution in [0.5, 0.6) is 0 Å². The van der Waals surface area contributed by atoms with Crippen LogP contribution in [0.25, 0.3) is 0 Å². The molecule has 0 aliphatic heterocycles. The minimum absolute atomic E-state index is 0.0120. The number of amides is 2. The van der Waals surface area contributed by atoms with Crippen molar-refractivity contribution >= 4 is 27.5 Å². The normalized spacial score (nSPS) is 11.1. The summed E-state index contributed by atoms with van der Waals surface area (Å²) in [5.41, 5.74) is 3.90. The maximum atomic E-state index is 13.5. The molecule has 0 bridgehead atoms. The lowest BCUT2D eigenvalue weighted by atomic mass is 10.1. The van der Waals surface area contributed by atoms with Crippen LogP contribution in [0, 0.1) is 13.8 Å². The molecule has 7 nitrogen and oxygen atoms in total. The first-order valence-corrected chi connectivity index (χ1v) is 12.8. The smallest absolute Gasteiger partial charge is 0.264 e. The van der Waals surface area contributed by atoms with Gasteiger partial charge in [0.15, 0.2) is 0 Å². The van der Waals surface area contributed by atoms with E-state index in [9.17, 15) is 18.0 Å². The minimum atomic E-state index is -3.85. The summed E-state index contributed by atoms with van der Waals surface area (Å²) in [4.78, 5) is 26.4. The summed E-state index contributed by atoms with van der Waals surface area (Å²) in [6, 6.07) is 20.9. The number of nitrogens with zero attached hydrogens (tertiary/aromatic N) is 2. The fourth-order valence-corrected chi connectivity index (χ4v) is 5.06. The van der Waals surface area contributed by atoms with E-state index in [4.69, 9.17) is 0 Å². The first-order chi connectivity index (χ1) is 16.6. The van der Waals surface area contributed by atoms with E-state index >= 15 is 0 Å². The van der Waals surface area contributed by atoms with Crippen molar-refractivity contribution in [2.75, 3.05) is 24.9 Å². The van der Waals surface area contributed by atoms with Crippen molar-refractivity contribution < 1.29 is 18.0 Å². The monoisotopic (exact) mass is 493 g/mol. The van der Waals surface area contributed by atoms with Gasteiger partial charge in [0.25, 0.3) is 15.9 Å². The highest BCUT2D eigenvalue weighted by molar-refractivity contribution is 7.92. The van der Waals surface area contributed by atoms with Crippen LogP contribution in [0.2, 0.25) is 0 Å². The number of carbonyl (C=O) groups is 2. The number of nitrogens with one attached hydrogen (secondary N) is 1. The van der Waals surface area contributed by atoms with Gasteiger partial charge in [-0.2, -0.15) is 0 Å². The molecule has 184 valence electrons. The zero-order valence-electron chi connectivity index (χ0n) is 20.5. The number of carbonyl (C=O) groups excluding carboxylic acids is 2. The predicted octanol–water partition coefficient (Wildman–Crippen LogP) is 3.91. The molecule has 3 aromatic rings. The van der Waals surface area contributed by atoms with Crippen molar-refractivity contribution in [3.63, 3.8) is 0 Å². The third-order valence-electron chi connectivity index (χ3n) is 5.75. The quantitative estimate of drug-likeness (QED) is 0.490. The van der Waals surface area contributed by atoms with E-state index in [0.29, 0.717) is 17.8 Å². The number of aryl methyl sites for hydroxylation is 2. The Morgan fingerprint density at radius 1 is 0.829 bits per heavy atom. The van der Waals surface area contributed by atoms with Gasteiger partial charge in [0, 0.05) is 39.2 Å². The lowest BCUT2D eigenvalue weighted by Crippen LogP contribution is -2.36. The fourth-order valence-electron chi connectivity index (χ4n) is 3.59. The van der Waals surface area contributed by atoms with Crippen molar-refractivity contribution in [2.45, 2.75) is 31.7 Å². The highest BCUT2D eigenvalue weighted by atomic mass is 32.2. The molecule has 8 heteroatoms. The number of sulfonamides is 1. The Morgan fingerprint density at radius 3 is 1.91 bits per heavy atom. The summed E-state index contributed by atoms with van der Waals surface area (Å²) < 4.78 is 28.3. The maximum Gasteiger partial charge on any atom is 0.264 e. The maximum absolute atomic E-state index is 13.5. The third-order valence-corrected chi connectivity index (χ3v) is 7.59. The second kappa shape index (κ2) is 11.2. The van der Waals surface area contributed by atoms with Crippen LogP contribution in [0.1, 0.15) is 33.5 Å². The van der Waals surface area contributed by atoms with Crippen molar-refractivity contribution in [1.29, 1.82) is 0 Å². The molecule has 0 spiro atoms. The first-order valence-electron chi connectivity index (χ1n) is 11.3. The molecule has 0 radical (unpaired) electrons. The molecule has 0 atom stereocenters. The van der Waals surface area contributed by atoms with Gasteiger partial charge >= 0.3 is 0 Å². The van der Waals surface area contributed by atoms with Crippen molar-refractivity contribution in [3.8, 4) is 0 Å². The van der Waals surface area contributed by atoms with E-state index < -0.39 is 10.0 Å². The van der Waals surface area contributed by atoms with E-state index in [1.807, 2.05) is 26.0 Å². The van der Waals surface area contributed by atoms with Gasteiger partial charge in [-0.25, -0.2) is 8.42 Å². The highest BCUT2D eigenvalue weighted by Gasteiger charge is 2.26. The molecule has 1 N–H and O–H groups in total. The second-order valence-corrected chi connectivity index (χ2v) is 10.4. The summed E-state index contributed by atoms with van der Waals surface area (Å²) in [7, 11) is -0.603. The van der Waals surface area contributed by atoms with Crippen molar-refractivity contribution in [1.82, 2.24) is 10.2 Å². The number of benzene rings is 3. The summed E-state index contributed by atoms with van der Waals surface area (Å²) in [5.74, 6) is -0.358. The molecule has 0 aliphatic rings. The summed E-state index contributed by atoms with van der Waals surface area (Å²) in [5, 5.41) is 2.57. The topological polar surface area (TPSA) is 86.8 Å². The van der Waals surface area contributed by atoms with Gasteiger partial charge in [0.05, 0.1) is 10.6 Å². The van der Waals surface area contributed by atoms with Gasteiger partial charge in [-0.1, -0.05) is 47.5 Å². The molecule has 35 heavy (non-hydrogen) atoms. The van der Waals surface area contributed by atoms with Crippen LogP contribution in [-0.2, 0) is 21.4 Å². The lowest BCUT2D eigenvalue weighted by molar-refractivity contribution is -0.130. The van der Waals surface area contributed by atoms with E-state index in [1.54, 1.807) is 79.7 Å². The predicted molar refractivity (Wildman–Crippen MR) is 138 cm³/mol. The van der Waals surface area contributed by atoms with Crippen molar-refractivity contribution in [3.05, 3.63) is 95.1 Å². The van der Waals surface area contributed by atoms with Gasteiger partial charge < -0.3 is 10.2 Å². The molecular formula is C27H31N3O4S. The van der Waals surface area contributed by atoms with Gasteiger partial charge in [-0.3, -0.25) is 13.9 Å². The van der Waals surface area contributed by atoms with Gasteiger partial charge in [-0.05, 0) is 55.8 Å². The molecule has 0 fully saturated rings. The zero-order chi connectivity index (χ0) is 25.6. The van der Waals surface area contributed by atoms with Gasteiger partial charge in [-0.15, -0.1) is 0 Å². The number of anilines is 1. The molecular weight excluding hydrogens is 462 g/mol. The molecule has 0 aliphatic carbocycles. The van der Waals surface area contributed by atoms with Crippen LogP contribution in [0.4, 0.5) is 5.69 Å². The molecule has 2 amide bonds. The minimum Gasteiger partial charge on any atom is -0.355 e. The Labute approximate surface area is 207 Å². The van der Waals surface area contributed by atoms with E-state index in [2.05, 4.69) is 5.32 Å². The van der Waals surface area contributed by atoms with Crippen molar-refractivity contribution in [2.24, 2.45) is 0 Å². The van der Waals surface area contributed by atoms with E-state index in [1.165, 1.54) is 4.31 Å². The molecule has 0 aromatic heterocycles. The number of rotatable bonds is 9. The lowest BCUT2D eigenvalue weighted by Gasteiger charge is -2.26. The Balaban J connectivity index is 1.75. The molecule has 3 aromatic carbocycles.